The first-order valence-electron chi connectivity index (χ1n) is 10.1. The summed E-state index contributed by atoms with van der Waals surface area (Å²) >= 11 is 0. The van der Waals surface area contributed by atoms with Gasteiger partial charge in [0.2, 0.25) is 0 Å². The Bertz CT molecular complexity index is 681. The van der Waals surface area contributed by atoms with Crippen molar-refractivity contribution in [2.75, 3.05) is 45.7 Å². The van der Waals surface area contributed by atoms with Crippen LogP contribution in [0.5, 0.6) is 5.75 Å². The van der Waals surface area contributed by atoms with Crippen LogP contribution in [-0.4, -0.2) is 51.7 Å². The topological polar surface area (TPSA) is 27.7 Å². The Hall–Kier alpha value is -2.04. The molecule has 1 heterocycles. The molecule has 1 N–H and O–H groups in total. The number of nitrogens with zero attached hydrogens (tertiary/aromatic N) is 2. The number of anilines is 1. The summed E-state index contributed by atoms with van der Waals surface area (Å²) in [5.74, 6) is 0.991. The van der Waals surface area contributed by atoms with Gasteiger partial charge in [-0.2, -0.15) is 0 Å². The summed E-state index contributed by atoms with van der Waals surface area (Å²) in [5.41, 5.74) is 2.45. The molecule has 0 saturated carbocycles. The van der Waals surface area contributed by atoms with Crippen LogP contribution >= 0.6 is 0 Å². The van der Waals surface area contributed by atoms with Gasteiger partial charge in [-0.1, -0.05) is 42.5 Å². The lowest BCUT2D eigenvalue weighted by Gasteiger charge is -2.37. The zero-order valence-corrected chi connectivity index (χ0v) is 16.9. The third kappa shape index (κ3) is 5.24. The van der Waals surface area contributed by atoms with E-state index in [2.05, 4.69) is 83.8 Å². The molecule has 1 aliphatic heterocycles. The predicted octanol–water partition coefficient (Wildman–Crippen LogP) is 3.95. The Labute approximate surface area is 164 Å². The van der Waals surface area contributed by atoms with Gasteiger partial charge >= 0.3 is 0 Å². The molecule has 27 heavy (non-hydrogen) atoms. The molecule has 4 heteroatoms. The maximum Gasteiger partial charge on any atom is 0.143 e. The minimum Gasteiger partial charge on any atom is -0.484 e. The molecule has 0 radical (unpaired) electrons. The molecule has 1 unspecified atom stereocenters. The second-order valence-electron chi connectivity index (χ2n) is 7.56. The molecule has 0 aliphatic carbocycles. The number of nitrogens with one attached hydrogen (secondary N) is 1. The Kier molecular flexibility index (Phi) is 7.13. The van der Waals surface area contributed by atoms with Crippen LogP contribution in [0.25, 0.3) is 0 Å². The average molecular weight is 368 g/mol. The largest absolute Gasteiger partial charge is 0.484 e. The first-order valence-corrected chi connectivity index (χ1v) is 10.1. The third-order valence-corrected chi connectivity index (χ3v) is 5.50. The monoisotopic (exact) mass is 367 g/mol. The zero-order chi connectivity index (χ0) is 19.1. The summed E-state index contributed by atoms with van der Waals surface area (Å²) in [6, 6.07) is 19.7. The minimum absolute atomic E-state index is 0.0547. The van der Waals surface area contributed by atoms with E-state index in [1.807, 2.05) is 7.05 Å². The predicted molar refractivity (Wildman–Crippen MR) is 114 cm³/mol. The van der Waals surface area contributed by atoms with Crippen LogP contribution in [0.3, 0.4) is 0 Å². The van der Waals surface area contributed by atoms with Crippen LogP contribution in [0.1, 0.15) is 30.9 Å². The molecule has 1 atom stereocenters. The van der Waals surface area contributed by atoms with E-state index >= 15 is 0 Å². The Balaban J connectivity index is 1.76. The summed E-state index contributed by atoms with van der Waals surface area (Å²) in [7, 11) is 6.36. The molecule has 2 aromatic carbocycles. The van der Waals surface area contributed by atoms with Gasteiger partial charge in [-0.05, 0) is 58.2 Å². The fraction of sp³-hybridized carbons (Fsp3) is 0.478. The van der Waals surface area contributed by atoms with E-state index in [1.54, 1.807) is 0 Å². The number of para-hydroxylation sites is 2. The van der Waals surface area contributed by atoms with E-state index in [0.717, 1.165) is 31.8 Å². The van der Waals surface area contributed by atoms with Crippen LogP contribution in [0.4, 0.5) is 5.69 Å². The third-order valence-electron chi connectivity index (χ3n) is 5.50. The summed E-state index contributed by atoms with van der Waals surface area (Å²) in [6.45, 7) is 3.08. The highest BCUT2D eigenvalue weighted by Gasteiger charge is 2.23. The number of hydrogen-bond acceptors (Lipinski definition) is 4. The van der Waals surface area contributed by atoms with Gasteiger partial charge in [-0.3, -0.25) is 0 Å². The fourth-order valence-electron chi connectivity index (χ4n) is 3.83. The highest BCUT2D eigenvalue weighted by molar-refractivity contribution is 5.59. The van der Waals surface area contributed by atoms with Gasteiger partial charge in [0.15, 0.2) is 0 Å². The van der Waals surface area contributed by atoms with Crippen molar-refractivity contribution < 1.29 is 4.74 Å². The maximum absolute atomic E-state index is 6.57. The van der Waals surface area contributed by atoms with Crippen molar-refractivity contribution in [2.24, 2.45) is 0 Å². The number of ether oxygens (including phenoxy) is 1. The molecule has 2 aromatic rings. The number of rotatable bonds is 8. The summed E-state index contributed by atoms with van der Waals surface area (Å²) in [5, 5.41) is 3.25. The molecule has 0 bridgehead atoms. The summed E-state index contributed by atoms with van der Waals surface area (Å²) < 4.78 is 6.57. The van der Waals surface area contributed by atoms with Gasteiger partial charge < -0.3 is 19.9 Å². The van der Waals surface area contributed by atoms with Gasteiger partial charge in [-0.25, -0.2) is 0 Å². The fourth-order valence-corrected chi connectivity index (χ4v) is 3.83. The Morgan fingerprint density at radius 3 is 2.37 bits per heavy atom. The molecule has 1 aliphatic rings. The van der Waals surface area contributed by atoms with Crippen molar-refractivity contribution in [1.29, 1.82) is 0 Å². The van der Waals surface area contributed by atoms with E-state index < -0.39 is 0 Å². The van der Waals surface area contributed by atoms with Gasteiger partial charge in [-0.15, -0.1) is 0 Å². The second-order valence-corrected chi connectivity index (χ2v) is 7.56. The minimum atomic E-state index is 0.0547. The highest BCUT2D eigenvalue weighted by atomic mass is 16.5. The molecule has 3 rings (SSSR count). The van der Waals surface area contributed by atoms with Crippen molar-refractivity contribution in [3.8, 4) is 5.75 Å². The van der Waals surface area contributed by atoms with Crippen molar-refractivity contribution in [1.82, 2.24) is 10.2 Å². The first kappa shape index (κ1) is 19.7. The van der Waals surface area contributed by atoms with Crippen LogP contribution in [-0.2, 0) is 0 Å². The number of benzene rings is 2. The highest BCUT2D eigenvalue weighted by Crippen LogP contribution is 2.34. The average Bonchev–Trinajstić information content (AvgIpc) is 2.72. The molecule has 1 fully saturated rings. The van der Waals surface area contributed by atoms with E-state index in [-0.39, 0.29) is 6.10 Å². The lowest BCUT2D eigenvalue weighted by Crippen LogP contribution is -2.42. The van der Waals surface area contributed by atoms with E-state index in [9.17, 15) is 0 Å². The van der Waals surface area contributed by atoms with Gasteiger partial charge in [0.25, 0.3) is 0 Å². The SMILES string of the molecule is CNCCC(Oc1ccccc1N1CCC(N(C)C)CC1)c1ccccc1. The molecule has 0 aromatic heterocycles. The normalized spacial score (nSPS) is 16.5. The van der Waals surface area contributed by atoms with Crippen molar-refractivity contribution >= 4 is 5.69 Å². The van der Waals surface area contributed by atoms with Crippen LogP contribution in [0, 0.1) is 0 Å². The summed E-state index contributed by atoms with van der Waals surface area (Å²) in [6.07, 6.45) is 3.39. The molecule has 4 nitrogen and oxygen atoms in total. The van der Waals surface area contributed by atoms with Crippen LogP contribution in [0.15, 0.2) is 54.6 Å². The summed E-state index contributed by atoms with van der Waals surface area (Å²) in [4.78, 5) is 4.83. The first-order chi connectivity index (χ1) is 13.2. The van der Waals surface area contributed by atoms with Gasteiger partial charge in [0.05, 0.1) is 5.69 Å². The number of hydrogen-bond donors (Lipinski definition) is 1. The van der Waals surface area contributed by atoms with Crippen molar-refractivity contribution in [2.45, 2.75) is 31.4 Å². The van der Waals surface area contributed by atoms with Crippen LogP contribution in [0.2, 0.25) is 0 Å². The quantitative estimate of drug-likeness (QED) is 0.765. The smallest absolute Gasteiger partial charge is 0.143 e. The van der Waals surface area contributed by atoms with E-state index in [4.69, 9.17) is 4.74 Å². The lowest BCUT2D eigenvalue weighted by molar-refractivity contribution is 0.194. The second kappa shape index (κ2) is 9.77. The molecule has 0 spiro atoms. The standard InChI is InChI=1S/C23H33N3O/c1-24-16-13-22(19-9-5-4-6-10-19)27-23-12-8-7-11-21(23)26-17-14-20(15-18-26)25(2)3/h4-12,20,22,24H,13-18H2,1-3H3. The van der Waals surface area contributed by atoms with Gasteiger partial charge in [0.1, 0.15) is 11.9 Å². The molecule has 0 amide bonds. The van der Waals surface area contributed by atoms with Crippen molar-refractivity contribution in [3.05, 3.63) is 60.2 Å². The van der Waals surface area contributed by atoms with E-state index in [0.29, 0.717) is 6.04 Å². The van der Waals surface area contributed by atoms with E-state index in [1.165, 1.54) is 24.1 Å². The molecule has 1 saturated heterocycles. The Morgan fingerprint density at radius 1 is 1.04 bits per heavy atom. The maximum atomic E-state index is 6.57. The Morgan fingerprint density at radius 2 is 1.70 bits per heavy atom. The molecular weight excluding hydrogens is 334 g/mol. The number of piperidine rings is 1. The van der Waals surface area contributed by atoms with Crippen LogP contribution < -0.4 is 15.0 Å². The zero-order valence-electron chi connectivity index (χ0n) is 16.9. The lowest BCUT2D eigenvalue weighted by atomic mass is 10.0. The molecular formula is C23H33N3O. The van der Waals surface area contributed by atoms with Gasteiger partial charge in [0, 0.05) is 25.6 Å². The molecule has 146 valence electrons. The van der Waals surface area contributed by atoms with Crippen molar-refractivity contribution in [3.63, 3.8) is 0 Å².